The highest BCUT2D eigenvalue weighted by Gasteiger charge is 2.45. The fourth-order valence-corrected chi connectivity index (χ4v) is 4.95. The Balaban J connectivity index is 1.94. The number of morpholine rings is 1. The number of aryl methyl sites for hydroxylation is 1. The van der Waals surface area contributed by atoms with Gasteiger partial charge in [0.15, 0.2) is 0 Å². The molecule has 1 saturated heterocycles. The number of benzene rings is 1. The molecule has 0 radical (unpaired) electrons. The average Bonchev–Trinajstić information content (AvgIpc) is 2.94. The summed E-state index contributed by atoms with van der Waals surface area (Å²) in [5.41, 5.74) is 1.03. The van der Waals surface area contributed by atoms with Crippen molar-refractivity contribution in [2.75, 3.05) is 13.2 Å². The van der Waals surface area contributed by atoms with E-state index in [1.807, 2.05) is 19.1 Å². The van der Waals surface area contributed by atoms with E-state index in [9.17, 15) is 13.5 Å². The molecule has 0 spiro atoms. The summed E-state index contributed by atoms with van der Waals surface area (Å²) < 4.78 is 33.1. The number of aliphatic hydroxyl groups is 1. The minimum absolute atomic E-state index is 0.0869. The Labute approximate surface area is 125 Å². The predicted molar refractivity (Wildman–Crippen MR) is 78.5 cm³/mol. The average molecular weight is 311 g/mol. The quantitative estimate of drug-likeness (QED) is 0.913. The van der Waals surface area contributed by atoms with E-state index >= 15 is 0 Å². The Kier molecular flexibility index (Phi) is 4.05. The highest BCUT2D eigenvalue weighted by Crippen LogP contribution is 2.35. The molecule has 0 unspecified atom stereocenters. The molecular formula is C15H21NO4S. The first-order valence-electron chi connectivity index (χ1n) is 7.37. The fourth-order valence-electron chi connectivity index (χ4n) is 3.24. The molecule has 1 aliphatic carbocycles. The van der Waals surface area contributed by atoms with Gasteiger partial charge in [0.2, 0.25) is 10.0 Å². The van der Waals surface area contributed by atoms with Gasteiger partial charge in [0.25, 0.3) is 0 Å². The number of nitrogens with zero attached hydrogens (tertiary/aromatic N) is 1. The number of rotatable bonds is 3. The van der Waals surface area contributed by atoms with Crippen molar-refractivity contribution < 1.29 is 18.3 Å². The van der Waals surface area contributed by atoms with Crippen molar-refractivity contribution in [3.05, 3.63) is 29.8 Å². The number of aliphatic hydroxyl groups excluding tert-OH is 1. The Hall–Kier alpha value is -0.950. The van der Waals surface area contributed by atoms with Crippen LogP contribution in [0.4, 0.5) is 0 Å². The van der Waals surface area contributed by atoms with Gasteiger partial charge in [0.1, 0.15) is 0 Å². The number of sulfonamides is 1. The second-order valence-corrected chi connectivity index (χ2v) is 7.76. The molecule has 21 heavy (non-hydrogen) atoms. The lowest BCUT2D eigenvalue weighted by molar-refractivity contribution is -0.0990. The van der Waals surface area contributed by atoms with Crippen LogP contribution >= 0.6 is 0 Å². The third-order valence-electron chi connectivity index (χ3n) is 4.37. The van der Waals surface area contributed by atoms with E-state index in [2.05, 4.69) is 0 Å². The summed E-state index contributed by atoms with van der Waals surface area (Å²) in [6.07, 6.45) is 2.14. The molecule has 1 heterocycles. The van der Waals surface area contributed by atoms with Crippen molar-refractivity contribution in [1.29, 1.82) is 0 Å². The van der Waals surface area contributed by atoms with Gasteiger partial charge in [-0.25, -0.2) is 8.42 Å². The van der Waals surface area contributed by atoms with Crippen LogP contribution in [-0.2, 0) is 14.8 Å². The van der Waals surface area contributed by atoms with E-state index in [0.29, 0.717) is 4.90 Å². The maximum absolute atomic E-state index is 12.9. The zero-order chi connectivity index (χ0) is 15.0. The zero-order valence-corrected chi connectivity index (χ0v) is 12.9. The molecule has 0 amide bonds. The van der Waals surface area contributed by atoms with Gasteiger partial charge in [-0.15, -0.1) is 0 Å². The highest BCUT2D eigenvalue weighted by molar-refractivity contribution is 7.89. The van der Waals surface area contributed by atoms with Gasteiger partial charge in [-0.1, -0.05) is 17.7 Å². The predicted octanol–water partition coefficient (Wildman–Crippen LogP) is 1.30. The largest absolute Gasteiger partial charge is 0.394 e. The number of hydrogen-bond donors (Lipinski definition) is 1. The lowest BCUT2D eigenvalue weighted by atomic mass is 10.1. The molecule has 3 atom stereocenters. The van der Waals surface area contributed by atoms with E-state index < -0.39 is 16.1 Å². The summed E-state index contributed by atoms with van der Waals surface area (Å²) in [4.78, 5) is 0.317. The Morgan fingerprint density at radius 1 is 1.29 bits per heavy atom. The van der Waals surface area contributed by atoms with E-state index in [1.165, 1.54) is 0 Å². The van der Waals surface area contributed by atoms with Crippen LogP contribution in [0.5, 0.6) is 0 Å². The molecule has 116 valence electrons. The molecule has 3 rings (SSSR count). The molecule has 2 aliphatic rings. The standard InChI is InChI=1S/C15H21NO4S/c1-11-5-7-13(8-6-11)21(18,19)16-9-12(10-17)20-15-4-2-3-14(15)16/h5-8,12,14-15,17H,2-4,9-10H2,1H3/t12-,14+,15-/m1/s1. The van der Waals surface area contributed by atoms with Gasteiger partial charge in [0, 0.05) is 6.54 Å². The summed E-state index contributed by atoms with van der Waals surface area (Å²) in [5.74, 6) is 0. The summed E-state index contributed by atoms with van der Waals surface area (Å²) >= 11 is 0. The van der Waals surface area contributed by atoms with Gasteiger partial charge in [-0.2, -0.15) is 4.31 Å². The monoisotopic (exact) mass is 311 g/mol. The van der Waals surface area contributed by atoms with Crippen molar-refractivity contribution >= 4 is 10.0 Å². The van der Waals surface area contributed by atoms with Crippen molar-refractivity contribution in [3.63, 3.8) is 0 Å². The summed E-state index contributed by atoms with van der Waals surface area (Å²) in [7, 11) is -3.53. The molecule has 1 N–H and O–H groups in total. The molecule has 0 bridgehead atoms. The second kappa shape index (κ2) is 5.68. The first kappa shape index (κ1) is 15.0. The van der Waals surface area contributed by atoms with E-state index in [0.717, 1.165) is 24.8 Å². The first-order chi connectivity index (χ1) is 10.0. The van der Waals surface area contributed by atoms with Gasteiger partial charge >= 0.3 is 0 Å². The van der Waals surface area contributed by atoms with Gasteiger partial charge in [-0.05, 0) is 38.3 Å². The van der Waals surface area contributed by atoms with Crippen LogP contribution in [0.2, 0.25) is 0 Å². The fraction of sp³-hybridized carbons (Fsp3) is 0.600. The number of hydrogen-bond acceptors (Lipinski definition) is 4. The summed E-state index contributed by atoms with van der Waals surface area (Å²) in [6.45, 7) is 2.01. The maximum atomic E-state index is 12.9. The minimum Gasteiger partial charge on any atom is -0.394 e. The molecule has 6 heteroatoms. The van der Waals surface area contributed by atoms with E-state index in [-0.39, 0.29) is 25.3 Å². The second-order valence-electron chi connectivity index (χ2n) is 5.87. The van der Waals surface area contributed by atoms with Crippen molar-refractivity contribution in [2.24, 2.45) is 0 Å². The van der Waals surface area contributed by atoms with Crippen molar-refractivity contribution in [2.45, 2.75) is 49.3 Å². The van der Waals surface area contributed by atoms with Crippen LogP contribution in [-0.4, -0.2) is 49.2 Å². The number of ether oxygens (including phenoxy) is 1. The zero-order valence-electron chi connectivity index (χ0n) is 12.1. The third kappa shape index (κ3) is 2.73. The molecule has 1 aromatic carbocycles. The molecule has 2 fully saturated rings. The minimum atomic E-state index is -3.53. The Morgan fingerprint density at radius 3 is 2.67 bits per heavy atom. The normalized spacial score (nSPS) is 30.3. The van der Waals surface area contributed by atoms with Gasteiger partial charge < -0.3 is 9.84 Å². The molecule has 1 aromatic rings. The van der Waals surface area contributed by atoms with Crippen LogP contribution in [0.15, 0.2) is 29.2 Å². The van der Waals surface area contributed by atoms with Gasteiger partial charge in [-0.3, -0.25) is 0 Å². The summed E-state index contributed by atoms with van der Waals surface area (Å²) in [6, 6.07) is 6.82. The maximum Gasteiger partial charge on any atom is 0.243 e. The summed E-state index contributed by atoms with van der Waals surface area (Å²) in [5, 5.41) is 9.35. The molecule has 1 aliphatic heterocycles. The lowest BCUT2D eigenvalue weighted by Gasteiger charge is -2.40. The molecule has 1 saturated carbocycles. The van der Waals surface area contributed by atoms with E-state index in [4.69, 9.17) is 4.74 Å². The van der Waals surface area contributed by atoms with Crippen LogP contribution in [0, 0.1) is 6.92 Å². The molecule has 5 nitrogen and oxygen atoms in total. The van der Waals surface area contributed by atoms with Crippen LogP contribution in [0.25, 0.3) is 0 Å². The Bertz CT molecular complexity index is 599. The Morgan fingerprint density at radius 2 is 2.00 bits per heavy atom. The number of fused-ring (bicyclic) bond motifs is 1. The smallest absolute Gasteiger partial charge is 0.243 e. The van der Waals surface area contributed by atoms with Crippen LogP contribution < -0.4 is 0 Å². The van der Waals surface area contributed by atoms with Crippen molar-refractivity contribution in [1.82, 2.24) is 4.31 Å². The van der Waals surface area contributed by atoms with E-state index in [1.54, 1.807) is 16.4 Å². The van der Waals surface area contributed by atoms with Gasteiger partial charge in [0.05, 0.1) is 29.8 Å². The SMILES string of the molecule is Cc1ccc(S(=O)(=O)N2C[C@H](CO)O[C@@H]3CCC[C@@H]32)cc1. The molecule has 0 aromatic heterocycles. The topological polar surface area (TPSA) is 66.8 Å². The van der Waals surface area contributed by atoms with Crippen LogP contribution in [0.1, 0.15) is 24.8 Å². The molecular weight excluding hydrogens is 290 g/mol. The lowest BCUT2D eigenvalue weighted by Crippen LogP contribution is -2.55. The highest BCUT2D eigenvalue weighted by atomic mass is 32.2. The third-order valence-corrected chi connectivity index (χ3v) is 6.27. The van der Waals surface area contributed by atoms with Crippen LogP contribution in [0.3, 0.4) is 0 Å². The first-order valence-corrected chi connectivity index (χ1v) is 8.81. The van der Waals surface area contributed by atoms with Crippen molar-refractivity contribution in [3.8, 4) is 0 Å².